The molecule has 7 nitrogen and oxygen atoms in total. The SMILES string of the molecule is Cc1cccc(C(=O)Nc2ccc(Nc3cc(N4CCOCC4)nc(C)n3)cc2)c1. The summed E-state index contributed by atoms with van der Waals surface area (Å²) in [7, 11) is 0. The van der Waals surface area contributed by atoms with Gasteiger partial charge < -0.3 is 20.3 Å². The lowest BCUT2D eigenvalue weighted by molar-refractivity contribution is 0.102. The van der Waals surface area contributed by atoms with Crippen molar-refractivity contribution in [1.82, 2.24) is 9.97 Å². The van der Waals surface area contributed by atoms with Crippen LogP contribution in [0.25, 0.3) is 0 Å². The van der Waals surface area contributed by atoms with E-state index in [9.17, 15) is 4.79 Å². The Kier molecular flexibility index (Phi) is 5.90. The second-order valence-corrected chi connectivity index (χ2v) is 7.28. The average molecular weight is 403 g/mol. The molecular formula is C23H25N5O2. The number of nitrogens with one attached hydrogen (secondary N) is 2. The Hall–Kier alpha value is -3.45. The first kappa shape index (κ1) is 19.8. The van der Waals surface area contributed by atoms with E-state index in [2.05, 4.69) is 25.5 Å². The van der Waals surface area contributed by atoms with E-state index in [0.717, 1.165) is 41.7 Å². The van der Waals surface area contributed by atoms with Gasteiger partial charge in [-0.2, -0.15) is 0 Å². The van der Waals surface area contributed by atoms with E-state index < -0.39 is 0 Å². The number of hydrogen-bond donors (Lipinski definition) is 2. The summed E-state index contributed by atoms with van der Waals surface area (Å²) < 4.78 is 5.42. The molecule has 154 valence electrons. The van der Waals surface area contributed by atoms with Crippen molar-refractivity contribution in [2.75, 3.05) is 41.8 Å². The fourth-order valence-electron chi connectivity index (χ4n) is 3.34. The standard InChI is InChI=1S/C23H25N5O2/c1-16-4-3-5-18(14-16)23(29)27-20-8-6-19(7-9-20)26-21-15-22(25-17(2)24-21)28-10-12-30-13-11-28/h3-9,14-15H,10-13H2,1-2H3,(H,27,29)(H,24,25,26). The van der Waals surface area contributed by atoms with Gasteiger partial charge in [0.2, 0.25) is 0 Å². The van der Waals surface area contributed by atoms with E-state index >= 15 is 0 Å². The molecule has 0 atom stereocenters. The number of nitrogens with zero attached hydrogens (tertiary/aromatic N) is 3. The van der Waals surface area contributed by atoms with Gasteiger partial charge in [-0.25, -0.2) is 9.97 Å². The summed E-state index contributed by atoms with van der Waals surface area (Å²) in [6, 6.07) is 17.0. The Morgan fingerprint density at radius 2 is 1.70 bits per heavy atom. The molecule has 1 fully saturated rings. The number of ether oxygens (including phenoxy) is 1. The summed E-state index contributed by atoms with van der Waals surface area (Å²) in [5, 5.41) is 6.25. The molecule has 0 unspecified atom stereocenters. The third kappa shape index (κ3) is 4.93. The monoisotopic (exact) mass is 403 g/mol. The quantitative estimate of drug-likeness (QED) is 0.672. The van der Waals surface area contributed by atoms with Crippen molar-refractivity contribution in [1.29, 1.82) is 0 Å². The second-order valence-electron chi connectivity index (χ2n) is 7.28. The van der Waals surface area contributed by atoms with Crippen LogP contribution in [0.2, 0.25) is 0 Å². The Morgan fingerprint density at radius 3 is 2.43 bits per heavy atom. The molecule has 1 aliphatic rings. The maximum atomic E-state index is 12.4. The Balaban J connectivity index is 1.43. The molecule has 2 aromatic carbocycles. The number of carbonyl (C=O) groups excluding carboxylic acids is 1. The van der Waals surface area contributed by atoms with Crippen molar-refractivity contribution < 1.29 is 9.53 Å². The molecule has 0 aliphatic carbocycles. The molecule has 3 aromatic rings. The minimum Gasteiger partial charge on any atom is -0.378 e. The summed E-state index contributed by atoms with van der Waals surface area (Å²) in [6.45, 7) is 6.93. The zero-order chi connectivity index (χ0) is 20.9. The summed E-state index contributed by atoms with van der Waals surface area (Å²) in [5.74, 6) is 2.22. The number of amides is 1. The van der Waals surface area contributed by atoms with Gasteiger partial charge in [-0.05, 0) is 50.2 Å². The number of carbonyl (C=O) groups is 1. The van der Waals surface area contributed by atoms with Gasteiger partial charge in [-0.15, -0.1) is 0 Å². The van der Waals surface area contributed by atoms with Crippen molar-refractivity contribution in [2.45, 2.75) is 13.8 Å². The first-order chi connectivity index (χ1) is 14.6. The van der Waals surface area contributed by atoms with Gasteiger partial charge in [-0.3, -0.25) is 4.79 Å². The lowest BCUT2D eigenvalue weighted by Crippen LogP contribution is -2.36. The lowest BCUT2D eigenvalue weighted by Gasteiger charge is -2.28. The highest BCUT2D eigenvalue weighted by atomic mass is 16.5. The molecule has 2 N–H and O–H groups in total. The largest absolute Gasteiger partial charge is 0.378 e. The van der Waals surface area contributed by atoms with Crippen LogP contribution in [-0.4, -0.2) is 42.2 Å². The highest BCUT2D eigenvalue weighted by molar-refractivity contribution is 6.04. The van der Waals surface area contributed by atoms with E-state index in [1.807, 2.05) is 68.4 Å². The summed E-state index contributed by atoms with van der Waals surface area (Å²) in [6.07, 6.45) is 0. The van der Waals surface area contributed by atoms with Gasteiger partial charge >= 0.3 is 0 Å². The predicted octanol–water partition coefficient (Wildman–Crippen LogP) is 3.93. The molecule has 2 heterocycles. The van der Waals surface area contributed by atoms with E-state index in [4.69, 9.17) is 4.74 Å². The van der Waals surface area contributed by atoms with Crippen LogP contribution >= 0.6 is 0 Å². The molecule has 0 spiro atoms. The highest BCUT2D eigenvalue weighted by Gasteiger charge is 2.14. The normalized spacial score (nSPS) is 13.7. The number of rotatable bonds is 5. The Labute approximate surface area is 176 Å². The molecule has 30 heavy (non-hydrogen) atoms. The van der Waals surface area contributed by atoms with Gasteiger partial charge in [0, 0.05) is 36.1 Å². The van der Waals surface area contributed by atoms with Crippen molar-refractivity contribution >= 4 is 28.9 Å². The Morgan fingerprint density at radius 1 is 0.967 bits per heavy atom. The predicted molar refractivity (Wildman–Crippen MR) is 119 cm³/mol. The maximum Gasteiger partial charge on any atom is 0.255 e. The molecule has 1 saturated heterocycles. The summed E-state index contributed by atoms with van der Waals surface area (Å²) in [4.78, 5) is 23.7. The number of benzene rings is 2. The minimum absolute atomic E-state index is 0.124. The molecule has 1 aromatic heterocycles. The van der Waals surface area contributed by atoms with Crippen LogP contribution in [0.1, 0.15) is 21.7 Å². The first-order valence-corrected chi connectivity index (χ1v) is 10.0. The van der Waals surface area contributed by atoms with Crippen molar-refractivity contribution in [3.8, 4) is 0 Å². The molecule has 0 saturated carbocycles. The van der Waals surface area contributed by atoms with E-state index in [1.54, 1.807) is 0 Å². The van der Waals surface area contributed by atoms with Gasteiger partial charge in [-0.1, -0.05) is 17.7 Å². The third-order valence-electron chi connectivity index (χ3n) is 4.85. The fourth-order valence-corrected chi connectivity index (χ4v) is 3.34. The number of aromatic nitrogens is 2. The van der Waals surface area contributed by atoms with Crippen LogP contribution in [0.5, 0.6) is 0 Å². The van der Waals surface area contributed by atoms with E-state index in [1.165, 1.54) is 0 Å². The molecular weight excluding hydrogens is 378 g/mol. The Bertz CT molecular complexity index is 1030. The molecule has 0 radical (unpaired) electrons. The van der Waals surface area contributed by atoms with E-state index in [0.29, 0.717) is 24.6 Å². The fraction of sp³-hybridized carbons (Fsp3) is 0.261. The average Bonchev–Trinajstić information content (AvgIpc) is 2.75. The molecule has 1 aliphatic heterocycles. The van der Waals surface area contributed by atoms with Crippen LogP contribution in [0.15, 0.2) is 54.6 Å². The zero-order valence-electron chi connectivity index (χ0n) is 17.2. The van der Waals surface area contributed by atoms with Crippen LogP contribution in [0.4, 0.5) is 23.0 Å². The van der Waals surface area contributed by atoms with Gasteiger partial charge in [0.25, 0.3) is 5.91 Å². The van der Waals surface area contributed by atoms with Gasteiger partial charge in [0.1, 0.15) is 17.5 Å². The molecule has 7 heteroatoms. The smallest absolute Gasteiger partial charge is 0.255 e. The molecule has 4 rings (SSSR count). The number of hydrogen-bond acceptors (Lipinski definition) is 6. The molecule has 0 bridgehead atoms. The lowest BCUT2D eigenvalue weighted by atomic mass is 10.1. The minimum atomic E-state index is -0.124. The van der Waals surface area contributed by atoms with Crippen LogP contribution in [0.3, 0.4) is 0 Å². The first-order valence-electron chi connectivity index (χ1n) is 10.0. The van der Waals surface area contributed by atoms with Gasteiger partial charge in [0.15, 0.2) is 0 Å². The van der Waals surface area contributed by atoms with Crippen molar-refractivity contribution in [3.05, 3.63) is 71.5 Å². The summed E-state index contributed by atoms with van der Waals surface area (Å²) in [5.41, 5.74) is 3.32. The number of aryl methyl sites for hydroxylation is 2. The van der Waals surface area contributed by atoms with Gasteiger partial charge in [0.05, 0.1) is 13.2 Å². The summed E-state index contributed by atoms with van der Waals surface area (Å²) >= 11 is 0. The molecule has 1 amide bonds. The third-order valence-corrected chi connectivity index (χ3v) is 4.85. The van der Waals surface area contributed by atoms with Crippen molar-refractivity contribution in [3.63, 3.8) is 0 Å². The van der Waals surface area contributed by atoms with Crippen LogP contribution < -0.4 is 15.5 Å². The zero-order valence-corrected chi connectivity index (χ0v) is 17.2. The second kappa shape index (κ2) is 8.92. The number of morpholine rings is 1. The van der Waals surface area contributed by atoms with Crippen molar-refractivity contribution in [2.24, 2.45) is 0 Å². The number of anilines is 4. The van der Waals surface area contributed by atoms with E-state index in [-0.39, 0.29) is 5.91 Å². The van der Waals surface area contributed by atoms with Crippen LogP contribution in [-0.2, 0) is 4.74 Å². The topological polar surface area (TPSA) is 79.4 Å². The maximum absolute atomic E-state index is 12.4. The van der Waals surface area contributed by atoms with Crippen LogP contribution in [0, 0.1) is 13.8 Å². The highest BCUT2D eigenvalue weighted by Crippen LogP contribution is 2.22.